The number of likely N-dealkylation sites (tertiary alicyclic amines) is 2. The average molecular weight is 457 g/mol. The number of rotatable bonds is 5. The number of hydrogen-bond donors (Lipinski definition) is 1. The average Bonchev–Trinajstić information content (AvgIpc) is 3.22. The van der Waals surface area contributed by atoms with Gasteiger partial charge in [-0.2, -0.15) is 0 Å². The van der Waals surface area contributed by atoms with E-state index in [1.54, 1.807) is 30.5 Å². The van der Waals surface area contributed by atoms with E-state index < -0.39 is 0 Å². The second-order valence-electron chi connectivity index (χ2n) is 7.56. The molecule has 1 aromatic heterocycles. The first-order valence-electron chi connectivity index (χ1n) is 9.61. The Kier molecular flexibility index (Phi) is 8.43. The van der Waals surface area contributed by atoms with Crippen molar-refractivity contribution in [2.45, 2.75) is 6.04 Å². The molecule has 30 heavy (non-hydrogen) atoms. The van der Waals surface area contributed by atoms with Gasteiger partial charge in [0.05, 0.1) is 0 Å². The highest BCUT2D eigenvalue weighted by Crippen LogP contribution is 2.44. The lowest BCUT2D eigenvalue weighted by Crippen LogP contribution is -2.34. The number of nitrogens with zero attached hydrogens (tertiary/aromatic N) is 3. The van der Waals surface area contributed by atoms with Crippen molar-refractivity contribution in [3.8, 4) is 5.75 Å². The largest absolute Gasteiger partial charge is 0.490 e. The van der Waals surface area contributed by atoms with E-state index in [-0.39, 0.29) is 48.5 Å². The molecule has 0 spiro atoms. The van der Waals surface area contributed by atoms with E-state index in [1.165, 1.54) is 6.07 Å². The number of carbonyl (C=O) groups excluding carboxylic acids is 1. The fourth-order valence-electron chi connectivity index (χ4n) is 4.60. The van der Waals surface area contributed by atoms with Gasteiger partial charge in [-0.25, -0.2) is 9.37 Å². The van der Waals surface area contributed by atoms with E-state index in [9.17, 15) is 9.18 Å². The first kappa shape index (κ1) is 24.3. The second kappa shape index (κ2) is 10.4. The molecule has 164 valence electrons. The zero-order valence-corrected chi connectivity index (χ0v) is 18.4. The second-order valence-corrected chi connectivity index (χ2v) is 7.56. The zero-order chi connectivity index (χ0) is 19.7. The summed E-state index contributed by atoms with van der Waals surface area (Å²) in [6.45, 7) is 2.89. The maximum atomic E-state index is 13.7. The van der Waals surface area contributed by atoms with Gasteiger partial charge in [0.1, 0.15) is 12.4 Å². The van der Waals surface area contributed by atoms with Gasteiger partial charge in [0, 0.05) is 44.3 Å². The minimum atomic E-state index is -0.226. The van der Waals surface area contributed by atoms with Gasteiger partial charge in [0.25, 0.3) is 5.91 Å². The molecule has 2 aromatic rings. The highest BCUT2D eigenvalue weighted by atomic mass is 35.5. The smallest absolute Gasteiger partial charge is 0.276 e. The number of carbonyl (C=O) groups is 1. The Morgan fingerprint density at radius 3 is 2.77 bits per heavy atom. The molecule has 9 heteroatoms. The van der Waals surface area contributed by atoms with E-state index in [1.807, 2.05) is 11.0 Å². The van der Waals surface area contributed by atoms with E-state index in [0.29, 0.717) is 43.6 Å². The van der Waals surface area contributed by atoms with Crippen LogP contribution in [0.2, 0.25) is 0 Å². The summed E-state index contributed by atoms with van der Waals surface area (Å²) in [5.41, 5.74) is 6.80. The van der Waals surface area contributed by atoms with Crippen LogP contribution < -0.4 is 10.5 Å². The van der Waals surface area contributed by atoms with E-state index >= 15 is 0 Å². The van der Waals surface area contributed by atoms with Gasteiger partial charge >= 0.3 is 0 Å². The standard InChI is InChI=1S/C21H25FN4O2.2ClH/c1-25-11-15-12-26(13-17(15)20(25)14-4-2-5-16(22)10-14)21(27)19-18(28-9-7-23)6-3-8-24-19;;/h2-6,8,10,15,17,20H,7,9,11-13,23H2,1H3;2*1H/t15-,17+,20-;;/m0../s1. The molecule has 2 aliphatic rings. The van der Waals surface area contributed by atoms with Crippen molar-refractivity contribution in [3.63, 3.8) is 0 Å². The third kappa shape index (κ3) is 4.70. The van der Waals surface area contributed by atoms with Crippen LogP contribution in [0.1, 0.15) is 22.1 Å². The minimum Gasteiger partial charge on any atom is -0.490 e. The van der Waals surface area contributed by atoms with Crippen LogP contribution >= 0.6 is 24.8 Å². The molecule has 0 aliphatic carbocycles. The molecule has 2 aliphatic heterocycles. The quantitative estimate of drug-likeness (QED) is 0.748. The molecule has 6 nitrogen and oxygen atoms in total. The summed E-state index contributed by atoms with van der Waals surface area (Å²) in [4.78, 5) is 21.5. The Bertz CT molecular complexity index is 872. The van der Waals surface area contributed by atoms with Crippen molar-refractivity contribution in [3.05, 3.63) is 59.7 Å². The van der Waals surface area contributed by atoms with Crippen molar-refractivity contribution in [2.75, 3.05) is 39.8 Å². The molecule has 0 unspecified atom stereocenters. The summed E-state index contributed by atoms with van der Waals surface area (Å²) in [6.07, 6.45) is 1.60. The molecule has 3 heterocycles. The third-order valence-corrected chi connectivity index (χ3v) is 5.72. The lowest BCUT2D eigenvalue weighted by atomic mass is 9.89. The van der Waals surface area contributed by atoms with Crippen LogP contribution in [0.3, 0.4) is 0 Å². The number of nitrogens with two attached hydrogens (primary N) is 1. The summed E-state index contributed by atoms with van der Waals surface area (Å²) in [7, 11) is 2.07. The maximum absolute atomic E-state index is 13.7. The van der Waals surface area contributed by atoms with Gasteiger partial charge in [-0.15, -0.1) is 24.8 Å². The summed E-state index contributed by atoms with van der Waals surface area (Å²) in [5.74, 6) is 0.749. The van der Waals surface area contributed by atoms with Crippen LogP contribution in [0.15, 0.2) is 42.6 Å². The van der Waals surface area contributed by atoms with Crippen molar-refractivity contribution in [1.82, 2.24) is 14.8 Å². The molecule has 2 saturated heterocycles. The number of benzene rings is 1. The predicted octanol–water partition coefficient (Wildman–Crippen LogP) is 2.78. The van der Waals surface area contributed by atoms with Crippen molar-refractivity contribution in [1.29, 1.82) is 0 Å². The molecule has 2 fully saturated rings. The van der Waals surface area contributed by atoms with E-state index in [4.69, 9.17) is 10.5 Å². The summed E-state index contributed by atoms with van der Waals surface area (Å²) >= 11 is 0. The molecule has 0 saturated carbocycles. The fourth-order valence-corrected chi connectivity index (χ4v) is 4.60. The summed E-state index contributed by atoms with van der Waals surface area (Å²) in [6, 6.07) is 10.4. The summed E-state index contributed by atoms with van der Waals surface area (Å²) < 4.78 is 19.3. The third-order valence-electron chi connectivity index (χ3n) is 5.72. The molecule has 0 radical (unpaired) electrons. The lowest BCUT2D eigenvalue weighted by Gasteiger charge is -2.27. The predicted molar refractivity (Wildman–Crippen MR) is 118 cm³/mol. The Hall–Kier alpha value is -1.93. The monoisotopic (exact) mass is 456 g/mol. The van der Waals surface area contributed by atoms with Crippen molar-refractivity contribution in [2.24, 2.45) is 17.6 Å². The molecular weight excluding hydrogens is 430 g/mol. The molecular formula is C21H27Cl2FN4O2. The van der Waals surface area contributed by atoms with Crippen LogP contribution in [0.25, 0.3) is 0 Å². The van der Waals surface area contributed by atoms with Crippen LogP contribution in [-0.4, -0.2) is 60.5 Å². The number of halogens is 3. The first-order valence-corrected chi connectivity index (χ1v) is 9.61. The number of ether oxygens (including phenoxy) is 1. The van der Waals surface area contributed by atoms with Gasteiger partial charge in [0.2, 0.25) is 0 Å². The molecule has 0 bridgehead atoms. The van der Waals surface area contributed by atoms with Crippen molar-refractivity contribution >= 4 is 30.7 Å². The Morgan fingerprint density at radius 1 is 1.23 bits per heavy atom. The Morgan fingerprint density at radius 2 is 2.03 bits per heavy atom. The van der Waals surface area contributed by atoms with E-state index in [0.717, 1.165) is 12.1 Å². The van der Waals surface area contributed by atoms with Crippen LogP contribution in [0, 0.1) is 17.7 Å². The molecule has 4 rings (SSSR count). The van der Waals surface area contributed by atoms with Gasteiger partial charge in [-0.05, 0) is 42.8 Å². The van der Waals surface area contributed by atoms with Gasteiger partial charge < -0.3 is 15.4 Å². The summed E-state index contributed by atoms with van der Waals surface area (Å²) in [5, 5.41) is 0. The topological polar surface area (TPSA) is 71.7 Å². The number of fused-ring (bicyclic) bond motifs is 1. The first-order chi connectivity index (χ1) is 13.6. The highest BCUT2D eigenvalue weighted by Gasteiger charge is 2.47. The zero-order valence-electron chi connectivity index (χ0n) is 16.7. The number of aromatic nitrogens is 1. The normalized spacial score (nSPS) is 22.8. The Balaban J connectivity index is 0.00000160. The van der Waals surface area contributed by atoms with Gasteiger partial charge in [-0.1, -0.05) is 12.1 Å². The molecule has 3 atom stereocenters. The number of pyridine rings is 1. The maximum Gasteiger partial charge on any atom is 0.276 e. The molecule has 2 N–H and O–H groups in total. The van der Waals surface area contributed by atoms with Gasteiger partial charge in [-0.3, -0.25) is 9.69 Å². The molecule has 1 amide bonds. The molecule has 1 aromatic carbocycles. The van der Waals surface area contributed by atoms with Crippen LogP contribution in [-0.2, 0) is 0 Å². The number of amides is 1. The van der Waals surface area contributed by atoms with Crippen LogP contribution in [0.5, 0.6) is 5.75 Å². The van der Waals surface area contributed by atoms with Crippen LogP contribution in [0.4, 0.5) is 4.39 Å². The van der Waals surface area contributed by atoms with E-state index in [2.05, 4.69) is 16.9 Å². The fraction of sp³-hybridized carbons (Fsp3) is 0.429. The van der Waals surface area contributed by atoms with Crippen molar-refractivity contribution < 1.29 is 13.9 Å². The highest BCUT2D eigenvalue weighted by molar-refractivity contribution is 5.95. The number of hydrogen-bond acceptors (Lipinski definition) is 5. The SMILES string of the molecule is CN1C[C@H]2CN(C(=O)c3ncccc3OCCN)C[C@H]2[C@@H]1c1cccc(F)c1.Cl.Cl. The lowest BCUT2D eigenvalue weighted by molar-refractivity contribution is 0.0757. The Labute approximate surface area is 188 Å². The minimum absolute atomic E-state index is 0. The van der Waals surface area contributed by atoms with Gasteiger partial charge in [0.15, 0.2) is 11.4 Å².